The van der Waals surface area contributed by atoms with Crippen LogP contribution in [0.15, 0.2) is 30.9 Å². The first-order chi connectivity index (χ1) is 11.9. The Kier molecular flexibility index (Phi) is 4.71. The molecule has 3 rings (SSSR count). The maximum Gasteiger partial charge on any atom is 0.273 e. The van der Waals surface area contributed by atoms with Crippen molar-refractivity contribution >= 4 is 11.7 Å². The van der Waals surface area contributed by atoms with Crippen LogP contribution in [0.4, 0.5) is 10.2 Å². The fourth-order valence-electron chi connectivity index (χ4n) is 3.22. The predicted molar refractivity (Wildman–Crippen MR) is 90.8 cm³/mol. The number of hydrogen-bond donors (Lipinski definition) is 1. The largest absolute Gasteiger partial charge is 0.386 e. The number of carbonyl (C=O) groups is 1. The Morgan fingerprint density at radius 2 is 2.24 bits per heavy atom. The van der Waals surface area contributed by atoms with Gasteiger partial charge in [0, 0.05) is 33.4 Å². The molecule has 0 unspecified atom stereocenters. The Labute approximate surface area is 145 Å². The second-order valence-corrected chi connectivity index (χ2v) is 6.67. The van der Waals surface area contributed by atoms with Crippen LogP contribution < -0.4 is 4.90 Å². The zero-order valence-corrected chi connectivity index (χ0v) is 14.4. The van der Waals surface area contributed by atoms with E-state index >= 15 is 0 Å². The molecule has 134 valence electrons. The van der Waals surface area contributed by atoms with E-state index in [1.54, 1.807) is 37.3 Å². The normalized spacial score (nSPS) is 20.6. The molecule has 0 saturated carbocycles. The van der Waals surface area contributed by atoms with Crippen LogP contribution in [0.25, 0.3) is 0 Å². The third-order valence-corrected chi connectivity index (χ3v) is 4.39. The van der Waals surface area contributed by atoms with E-state index in [1.165, 1.54) is 17.2 Å². The Balaban J connectivity index is 1.68. The molecular formula is C17H22FN5O2. The zero-order valence-electron chi connectivity index (χ0n) is 14.4. The molecule has 7 nitrogen and oxygen atoms in total. The number of rotatable bonds is 4. The van der Waals surface area contributed by atoms with Crippen LogP contribution in [-0.4, -0.2) is 62.7 Å². The summed E-state index contributed by atoms with van der Waals surface area (Å²) in [4.78, 5) is 24.0. The second-order valence-electron chi connectivity index (χ2n) is 6.67. The molecule has 1 N–H and O–H groups in total. The number of imidazole rings is 1. The molecule has 0 radical (unpaired) electrons. The number of hydrogen-bond acceptors (Lipinski definition) is 5. The lowest BCUT2D eigenvalue weighted by molar-refractivity contribution is -0.000268. The van der Waals surface area contributed by atoms with Crippen LogP contribution in [0.5, 0.6) is 0 Å². The third kappa shape index (κ3) is 3.96. The van der Waals surface area contributed by atoms with Gasteiger partial charge in [-0.2, -0.15) is 0 Å². The first-order valence-electron chi connectivity index (χ1n) is 8.19. The van der Waals surface area contributed by atoms with E-state index in [1.807, 2.05) is 4.90 Å². The lowest BCUT2D eigenvalue weighted by Crippen LogP contribution is -2.54. The number of anilines is 1. The summed E-state index contributed by atoms with van der Waals surface area (Å²) in [5, 5.41) is 11.0. The number of halogens is 1. The van der Waals surface area contributed by atoms with Gasteiger partial charge in [0.05, 0.1) is 24.7 Å². The first-order valence-corrected chi connectivity index (χ1v) is 8.19. The summed E-state index contributed by atoms with van der Waals surface area (Å²) in [6.07, 6.45) is 5.74. The van der Waals surface area contributed by atoms with E-state index in [4.69, 9.17) is 0 Å². The van der Waals surface area contributed by atoms with Crippen molar-refractivity contribution in [3.05, 3.63) is 42.4 Å². The molecule has 0 spiro atoms. The molecule has 0 aromatic carbocycles. The molecule has 1 aliphatic rings. The molecule has 1 fully saturated rings. The Bertz CT molecular complexity index is 748. The number of likely N-dealkylation sites (N-methyl/N-ethyl adjacent to an activating group) is 1. The second kappa shape index (κ2) is 6.79. The summed E-state index contributed by atoms with van der Waals surface area (Å²) in [5.74, 6) is 0.000925. The summed E-state index contributed by atoms with van der Waals surface area (Å²) >= 11 is 0. The maximum atomic E-state index is 13.0. The van der Waals surface area contributed by atoms with E-state index in [2.05, 4.69) is 9.97 Å². The van der Waals surface area contributed by atoms with Crippen molar-refractivity contribution in [1.29, 1.82) is 0 Å². The molecule has 8 heteroatoms. The van der Waals surface area contributed by atoms with Crippen LogP contribution in [0, 0.1) is 5.82 Å². The minimum Gasteiger partial charge on any atom is -0.386 e. The van der Waals surface area contributed by atoms with Crippen molar-refractivity contribution in [3.63, 3.8) is 0 Å². The highest BCUT2D eigenvalue weighted by Gasteiger charge is 2.36. The first kappa shape index (κ1) is 17.3. The average Bonchev–Trinajstić information content (AvgIpc) is 3.01. The van der Waals surface area contributed by atoms with Gasteiger partial charge < -0.3 is 19.5 Å². The minimum absolute atomic E-state index is 0.195. The lowest BCUT2D eigenvalue weighted by atomic mass is 9.92. The number of β-amino-alcohol motifs (C(OH)–C–C–N with tert-alkyl or cyclic N) is 1. The predicted octanol–water partition coefficient (Wildman–Crippen LogP) is 1.06. The van der Waals surface area contributed by atoms with Gasteiger partial charge >= 0.3 is 0 Å². The molecular weight excluding hydrogens is 325 g/mol. The van der Waals surface area contributed by atoms with Crippen molar-refractivity contribution in [1.82, 2.24) is 19.4 Å². The van der Waals surface area contributed by atoms with Crippen molar-refractivity contribution in [2.75, 3.05) is 31.6 Å². The van der Waals surface area contributed by atoms with Gasteiger partial charge in [-0.1, -0.05) is 0 Å². The molecule has 0 bridgehead atoms. The highest BCUT2D eigenvalue weighted by molar-refractivity contribution is 5.91. The highest BCUT2D eigenvalue weighted by atomic mass is 19.1. The van der Waals surface area contributed by atoms with Crippen LogP contribution >= 0.6 is 0 Å². The van der Waals surface area contributed by atoms with E-state index < -0.39 is 11.4 Å². The van der Waals surface area contributed by atoms with Gasteiger partial charge in [-0.05, 0) is 25.0 Å². The number of carbonyl (C=O) groups excluding carboxylic acids is 1. The molecule has 2 aromatic heterocycles. The Morgan fingerprint density at radius 3 is 2.88 bits per heavy atom. The molecule has 0 aliphatic carbocycles. The van der Waals surface area contributed by atoms with E-state index in [9.17, 15) is 14.3 Å². The smallest absolute Gasteiger partial charge is 0.273 e. The van der Waals surface area contributed by atoms with Gasteiger partial charge in [0.1, 0.15) is 17.3 Å². The molecule has 1 aliphatic heterocycles. The highest BCUT2D eigenvalue weighted by Crippen LogP contribution is 2.26. The number of nitrogens with zero attached hydrogens (tertiary/aromatic N) is 5. The van der Waals surface area contributed by atoms with Crippen molar-refractivity contribution < 1.29 is 14.3 Å². The minimum atomic E-state index is -1.05. The topological polar surface area (TPSA) is 74.5 Å². The standard InChI is InChI=1S/C17H22FN5O2/c1-21-9-14(20-12-21)16(24)22(2)10-17(25)6-3-7-23(11-17)15-5-4-13(18)8-19-15/h4-5,8-9,12,25H,3,6-7,10-11H2,1-2H3/t17-/m0/s1. The van der Waals surface area contributed by atoms with Gasteiger partial charge in [-0.15, -0.1) is 0 Å². The molecule has 2 aromatic rings. The lowest BCUT2D eigenvalue weighted by Gasteiger charge is -2.41. The quantitative estimate of drug-likeness (QED) is 0.895. The average molecular weight is 347 g/mol. The summed E-state index contributed by atoms with van der Waals surface area (Å²) in [7, 11) is 3.45. The van der Waals surface area contributed by atoms with Crippen LogP contribution in [0.1, 0.15) is 23.3 Å². The maximum absolute atomic E-state index is 13.0. The monoisotopic (exact) mass is 347 g/mol. The van der Waals surface area contributed by atoms with Crippen molar-refractivity contribution in [2.45, 2.75) is 18.4 Å². The number of amides is 1. The molecule has 1 atom stereocenters. The number of pyridine rings is 1. The van der Waals surface area contributed by atoms with Crippen LogP contribution in [0.2, 0.25) is 0 Å². The van der Waals surface area contributed by atoms with Gasteiger partial charge in [-0.3, -0.25) is 4.79 Å². The number of aliphatic hydroxyl groups is 1. The summed E-state index contributed by atoms with van der Waals surface area (Å²) in [6, 6.07) is 2.95. The molecule has 25 heavy (non-hydrogen) atoms. The molecule has 1 amide bonds. The fraction of sp³-hybridized carbons (Fsp3) is 0.471. The van der Waals surface area contributed by atoms with E-state index in [0.717, 1.165) is 13.0 Å². The Morgan fingerprint density at radius 1 is 1.44 bits per heavy atom. The Hall–Kier alpha value is -2.48. The summed E-state index contributed by atoms with van der Waals surface area (Å²) in [6.45, 7) is 1.27. The summed E-state index contributed by atoms with van der Waals surface area (Å²) in [5.41, 5.74) is -0.700. The van der Waals surface area contributed by atoms with Gasteiger partial charge in [0.25, 0.3) is 5.91 Å². The number of aromatic nitrogens is 3. The zero-order chi connectivity index (χ0) is 18.0. The molecule has 3 heterocycles. The van der Waals surface area contributed by atoms with Crippen LogP contribution in [-0.2, 0) is 7.05 Å². The van der Waals surface area contributed by atoms with Crippen molar-refractivity contribution in [2.24, 2.45) is 7.05 Å². The summed E-state index contributed by atoms with van der Waals surface area (Å²) < 4.78 is 14.8. The van der Waals surface area contributed by atoms with E-state index in [0.29, 0.717) is 24.5 Å². The number of piperidine rings is 1. The SMILES string of the molecule is CN(C[C@@]1(O)CCCN(c2ccc(F)cn2)C1)C(=O)c1cn(C)cn1. The van der Waals surface area contributed by atoms with Gasteiger partial charge in [0.2, 0.25) is 0 Å². The van der Waals surface area contributed by atoms with Crippen molar-refractivity contribution in [3.8, 4) is 0 Å². The number of aryl methyl sites for hydroxylation is 1. The fourth-order valence-corrected chi connectivity index (χ4v) is 3.22. The van der Waals surface area contributed by atoms with Gasteiger partial charge in [-0.25, -0.2) is 14.4 Å². The van der Waals surface area contributed by atoms with E-state index in [-0.39, 0.29) is 12.5 Å². The molecule has 1 saturated heterocycles. The van der Waals surface area contributed by atoms with Gasteiger partial charge in [0.15, 0.2) is 0 Å². The van der Waals surface area contributed by atoms with Crippen LogP contribution in [0.3, 0.4) is 0 Å². The third-order valence-electron chi connectivity index (χ3n) is 4.39.